The van der Waals surface area contributed by atoms with Gasteiger partial charge < -0.3 is 15.8 Å². The SMILES string of the molecule is CN.[Rf].c1cnc2[n-]ncc2c1. The third-order valence-corrected chi connectivity index (χ3v) is 1.17. The van der Waals surface area contributed by atoms with Gasteiger partial charge in [0.05, 0.1) is 0 Å². The van der Waals surface area contributed by atoms with Crippen molar-refractivity contribution in [2.45, 2.75) is 0 Å². The second kappa shape index (κ2) is 4.40. The van der Waals surface area contributed by atoms with Crippen LogP contribution in [0.1, 0.15) is 0 Å². The van der Waals surface area contributed by atoms with Crippen LogP contribution < -0.4 is 10.8 Å². The van der Waals surface area contributed by atoms with Crippen molar-refractivity contribution >= 4 is 11.0 Å². The predicted octanol–water partition coefficient (Wildman–Crippen LogP) is 0.162. The van der Waals surface area contributed by atoms with E-state index in [9.17, 15) is 0 Å². The Morgan fingerprint density at radius 2 is 2.17 bits per heavy atom. The summed E-state index contributed by atoms with van der Waals surface area (Å²) < 4.78 is 0. The van der Waals surface area contributed by atoms with Gasteiger partial charge in [0.25, 0.3) is 0 Å². The minimum Gasteiger partial charge on any atom is -0.441 e. The van der Waals surface area contributed by atoms with Crippen LogP contribution >= 0.6 is 0 Å². The maximum atomic E-state index is 4.50. The number of nitrogens with zero attached hydrogens (tertiary/aromatic N) is 3. The minimum atomic E-state index is 0. The standard InChI is InChI=1S/C6H4N3.CH5N.Rf/c1-2-5-4-8-9-6(5)7-3-1;1-2;/h1-4H;2H2,1H3;/q-1;;. The van der Waals surface area contributed by atoms with Gasteiger partial charge in [-0.25, -0.2) is 0 Å². The number of nitrogens with two attached hydrogens (primary N) is 1. The van der Waals surface area contributed by atoms with Crippen LogP contribution in [-0.4, -0.2) is 17.1 Å². The maximum absolute atomic E-state index is 4.50. The Balaban J connectivity index is 0.000000378. The molecule has 0 aliphatic carbocycles. The van der Waals surface area contributed by atoms with E-state index in [1.165, 1.54) is 7.05 Å². The quantitative estimate of drug-likeness (QED) is 0.665. The summed E-state index contributed by atoms with van der Waals surface area (Å²) in [6.45, 7) is 0. The molecule has 0 bridgehead atoms. The molecule has 4 nitrogen and oxygen atoms in total. The van der Waals surface area contributed by atoms with Crippen molar-refractivity contribution < 1.29 is 0 Å². The molecule has 12 heavy (non-hydrogen) atoms. The van der Waals surface area contributed by atoms with Crippen LogP contribution in [0, 0.1) is 0 Å². The second-order valence-corrected chi connectivity index (χ2v) is 1.76. The molecule has 2 N–H and O–H groups in total. The molecule has 0 aromatic carbocycles. The van der Waals surface area contributed by atoms with Crippen LogP contribution in [0.15, 0.2) is 24.5 Å². The zero-order chi connectivity index (χ0) is 8.10. The summed E-state index contributed by atoms with van der Waals surface area (Å²) in [5, 5.41) is 8.44. The number of aromatic nitrogens is 3. The van der Waals surface area contributed by atoms with Gasteiger partial charge in [-0.15, -0.1) is 0 Å². The minimum absolute atomic E-state index is 0. The Morgan fingerprint density at radius 1 is 1.42 bits per heavy atom. The maximum Gasteiger partial charge on any atom is 0.0331 e. The average Bonchev–Trinajstić information content (AvgIpc) is 2.55. The molecule has 0 atom stereocenters. The first-order valence-electron chi connectivity index (χ1n) is 3.23. The molecular weight excluding hydrogens is 407 g/mol. The first-order chi connectivity index (χ1) is 5.47. The first kappa shape index (κ1) is 9.58. The first-order valence-corrected chi connectivity index (χ1v) is 3.23. The third-order valence-electron chi connectivity index (χ3n) is 1.17. The largest absolute Gasteiger partial charge is 0.441 e. The van der Waals surface area contributed by atoms with Crippen molar-refractivity contribution in [3.8, 4) is 0 Å². The Morgan fingerprint density at radius 3 is 2.83 bits per heavy atom. The molecule has 0 radical (unpaired) electrons. The zero-order valence-electron chi connectivity index (χ0n) is 6.94. The van der Waals surface area contributed by atoms with Crippen LogP contribution in [0.5, 0.6) is 0 Å². The van der Waals surface area contributed by atoms with Crippen LogP contribution in [0.3, 0.4) is 0 Å². The third kappa shape index (κ3) is 1.54. The molecule has 0 fully saturated rings. The Kier molecular flexibility index (Phi) is 3.52. The summed E-state index contributed by atoms with van der Waals surface area (Å²) in [5.74, 6) is 0. The van der Waals surface area contributed by atoms with Crippen molar-refractivity contribution in [1.29, 1.82) is 0 Å². The van der Waals surface area contributed by atoms with Crippen LogP contribution in [-0.2, 0) is 0 Å². The predicted molar refractivity (Wildman–Crippen MR) is 43.0 cm³/mol. The van der Waals surface area contributed by atoms with Gasteiger partial charge >= 0.3 is 0 Å². The topological polar surface area (TPSA) is 65.9 Å². The number of fused-ring (bicyclic) bond motifs is 1. The van der Waals surface area contributed by atoms with Gasteiger partial charge in [-0.2, -0.15) is 0 Å². The Bertz CT molecular complexity index is 289. The van der Waals surface area contributed by atoms with E-state index < -0.39 is 0 Å². The van der Waals surface area contributed by atoms with Crippen molar-refractivity contribution in [3.63, 3.8) is 0 Å². The van der Waals surface area contributed by atoms with E-state index in [0.29, 0.717) is 0 Å². The molecule has 0 spiro atoms. The van der Waals surface area contributed by atoms with Gasteiger partial charge in [-0.05, 0) is 18.1 Å². The smallest absolute Gasteiger partial charge is 0.0331 e. The van der Waals surface area contributed by atoms with Gasteiger partial charge in [0.1, 0.15) is 0 Å². The van der Waals surface area contributed by atoms with E-state index in [2.05, 4.69) is 20.9 Å². The molecule has 0 aliphatic rings. The van der Waals surface area contributed by atoms with E-state index in [4.69, 9.17) is 0 Å². The molecule has 5 heteroatoms. The van der Waals surface area contributed by atoms with E-state index in [1.54, 1.807) is 12.4 Å². The molecule has 0 amide bonds. The van der Waals surface area contributed by atoms with Crippen molar-refractivity contribution in [2.75, 3.05) is 7.05 Å². The van der Waals surface area contributed by atoms with E-state index >= 15 is 0 Å². The van der Waals surface area contributed by atoms with E-state index in [0.717, 1.165) is 11.0 Å². The summed E-state index contributed by atoms with van der Waals surface area (Å²) in [6.07, 6.45) is 3.40. The molecule has 0 unspecified atom stereocenters. The molecule has 0 aliphatic heterocycles. The van der Waals surface area contributed by atoms with Crippen molar-refractivity contribution in [2.24, 2.45) is 5.73 Å². The van der Waals surface area contributed by atoms with Gasteiger partial charge in [0, 0.05) is 6.20 Å². The monoisotopic (exact) mass is 416 g/mol. The summed E-state index contributed by atoms with van der Waals surface area (Å²) in [4.78, 5) is 3.97. The zero-order valence-corrected chi connectivity index (χ0v) is 13.3. The summed E-state index contributed by atoms with van der Waals surface area (Å²) in [5.41, 5.74) is 5.22. The van der Waals surface area contributed by atoms with Gasteiger partial charge in [0.2, 0.25) is 0 Å². The average molecular weight is 416 g/mol. The number of hydrogen-bond donors (Lipinski definition) is 1. The number of rotatable bonds is 0. The second-order valence-electron chi connectivity index (χ2n) is 1.76. The molecule has 2 heterocycles. The summed E-state index contributed by atoms with van der Waals surface area (Å²) >= 11 is 0. The van der Waals surface area contributed by atoms with E-state index in [-0.39, 0.29) is 0 Å². The number of hydrogen-bond acceptors (Lipinski definition) is 3. The fourth-order valence-corrected chi connectivity index (χ4v) is 0.739. The van der Waals surface area contributed by atoms with Crippen LogP contribution in [0.25, 0.3) is 11.0 Å². The molecule has 2 aromatic heterocycles. The molecule has 0 saturated carbocycles. The van der Waals surface area contributed by atoms with Crippen LogP contribution in [0.2, 0.25) is 0 Å². The molecular formula is C7H9N4Rf-. The molecule has 60 valence electrons. The number of pyridine rings is 1. The molecule has 2 aromatic rings. The fraction of sp³-hybridized carbons (Fsp3) is 0.143. The summed E-state index contributed by atoms with van der Waals surface area (Å²) in [6, 6.07) is 3.80. The molecule has 2 rings (SSSR count). The molecule has 0 saturated heterocycles. The van der Waals surface area contributed by atoms with Gasteiger partial charge in [-0.3, -0.25) is 5.10 Å². The van der Waals surface area contributed by atoms with Crippen molar-refractivity contribution in [3.05, 3.63) is 24.5 Å². The van der Waals surface area contributed by atoms with Gasteiger partial charge in [-0.1, -0.05) is 18.3 Å². The van der Waals surface area contributed by atoms with Crippen LogP contribution in [0.4, 0.5) is 0 Å². The Labute approximate surface area is 64.4 Å². The van der Waals surface area contributed by atoms with Crippen molar-refractivity contribution in [1.82, 2.24) is 15.2 Å². The van der Waals surface area contributed by atoms with E-state index in [1.807, 2.05) is 12.1 Å². The Hall–Kier alpha value is -2.42. The summed E-state index contributed by atoms with van der Waals surface area (Å²) in [7, 11) is 1.50. The van der Waals surface area contributed by atoms with Gasteiger partial charge in [0.15, 0.2) is 0 Å². The normalized spacial score (nSPS) is 8.17. The fourth-order valence-electron chi connectivity index (χ4n) is 0.739.